The first kappa shape index (κ1) is 22.9. The summed E-state index contributed by atoms with van der Waals surface area (Å²) < 4.78 is 12.4. The van der Waals surface area contributed by atoms with Crippen molar-refractivity contribution in [1.29, 1.82) is 0 Å². The van der Waals surface area contributed by atoms with E-state index in [4.69, 9.17) is 9.47 Å². The fourth-order valence-electron chi connectivity index (χ4n) is 3.99. The second kappa shape index (κ2) is 10.1. The van der Waals surface area contributed by atoms with Crippen LogP contribution in [0.3, 0.4) is 0 Å². The van der Waals surface area contributed by atoms with Gasteiger partial charge in [-0.15, -0.1) is 0 Å². The average Bonchev–Trinajstić information content (AvgIpc) is 3.19. The van der Waals surface area contributed by atoms with E-state index < -0.39 is 0 Å². The highest BCUT2D eigenvalue weighted by molar-refractivity contribution is 5.76. The molecule has 5 rings (SSSR count). The molecular formula is C23H31N7O3. The zero-order valence-electron chi connectivity index (χ0n) is 19.7. The SMILES string of the molecule is CC(=O)N1CCOCC1.COc1cc2c(cc1Nc1ncc3cnn(C)c3n1)CN(C)CC2. The quantitative estimate of drug-likeness (QED) is 0.643. The van der Waals surface area contributed by atoms with Crippen molar-refractivity contribution in [2.75, 3.05) is 52.3 Å². The van der Waals surface area contributed by atoms with Crippen LogP contribution in [0, 0.1) is 0 Å². The van der Waals surface area contributed by atoms with Gasteiger partial charge in [-0.05, 0) is 36.7 Å². The maximum Gasteiger partial charge on any atom is 0.229 e. The van der Waals surface area contributed by atoms with Crippen LogP contribution in [0.4, 0.5) is 11.6 Å². The van der Waals surface area contributed by atoms with Gasteiger partial charge in [-0.25, -0.2) is 4.98 Å². The van der Waals surface area contributed by atoms with Gasteiger partial charge in [-0.2, -0.15) is 10.1 Å². The summed E-state index contributed by atoms with van der Waals surface area (Å²) in [5, 5.41) is 8.41. The summed E-state index contributed by atoms with van der Waals surface area (Å²) in [6.45, 7) is 6.51. The van der Waals surface area contributed by atoms with E-state index in [0.29, 0.717) is 19.2 Å². The van der Waals surface area contributed by atoms with Gasteiger partial charge in [0.2, 0.25) is 11.9 Å². The molecule has 10 heteroatoms. The Kier molecular flexibility index (Phi) is 7.05. The highest BCUT2D eigenvalue weighted by Crippen LogP contribution is 2.33. The number of likely N-dealkylation sites (N-methyl/N-ethyl adjacent to an activating group) is 1. The molecule has 3 aromatic rings. The van der Waals surface area contributed by atoms with Crippen LogP contribution in [0.1, 0.15) is 18.1 Å². The topological polar surface area (TPSA) is 97.6 Å². The number of anilines is 2. The molecule has 2 aliphatic heterocycles. The maximum atomic E-state index is 10.7. The van der Waals surface area contributed by atoms with Crippen LogP contribution in [0.25, 0.3) is 11.0 Å². The Morgan fingerprint density at radius 3 is 2.61 bits per heavy atom. The number of aromatic nitrogens is 4. The summed E-state index contributed by atoms with van der Waals surface area (Å²) in [5.41, 5.74) is 4.34. The number of nitrogens with one attached hydrogen (secondary N) is 1. The molecule has 176 valence electrons. The Labute approximate surface area is 193 Å². The lowest BCUT2D eigenvalue weighted by Gasteiger charge is -2.26. The molecule has 1 saturated heterocycles. The Morgan fingerprint density at radius 1 is 1.12 bits per heavy atom. The molecule has 1 fully saturated rings. The zero-order chi connectivity index (χ0) is 23.4. The molecule has 0 radical (unpaired) electrons. The number of morpholine rings is 1. The van der Waals surface area contributed by atoms with Crippen LogP contribution in [-0.2, 0) is 29.5 Å². The molecule has 0 bridgehead atoms. The van der Waals surface area contributed by atoms with Gasteiger partial charge in [0.25, 0.3) is 0 Å². The van der Waals surface area contributed by atoms with Crippen molar-refractivity contribution in [1.82, 2.24) is 29.5 Å². The minimum Gasteiger partial charge on any atom is -0.495 e. The van der Waals surface area contributed by atoms with E-state index in [1.165, 1.54) is 11.1 Å². The summed E-state index contributed by atoms with van der Waals surface area (Å²) in [6.07, 6.45) is 4.57. The summed E-state index contributed by atoms with van der Waals surface area (Å²) >= 11 is 0. The van der Waals surface area contributed by atoms with Crippen LogP contribution in [0.5, 0.6) is 5.75 Å². The number of carbonyl (C=O) groups is 1. The molecule has 0 saturated carbocycles. The van der Waals surface area contributed by atoms with Crippen molar-refractivity contribution < 1.29 is 14.3 Å². The summed E-state index contributed by atoms with van der Waals surface area (Å²) in [4.78, 5) is 23.7. The summed E-state index contributed by atoms with van der Waals surface area (Å²) in [7, 11) is 5.70. The Hall–Kier alpha value is -3.24. The van der Waals surface area contributed by atoms with Gasteiger partial charge >= 0.3 is 0 Å². The minimum absolute atomic E-state index is 0.151. The second-order valence-corrected chi connectivity index (χ2v) is 8.29. The van der Waals surface area contributed by atoms with E-state index in [1.807, 2.05) is 7.05 Å². The molecule has 0 aliphatic carbocycles. The predicted molar refractivity (Wildman–Crippen MR) is 126 cm³/mol. The van der Waals surface area contributed by atoms with Crippen molar-refractivity contribution in [3.8, 4) is 5.75 Å². The monoisotopic (exact) mass is 453 g/mol. The molecular weight excluding hydrogens is 422 g/mol. The molecule has 1 aromatic carbocycles. The van der Waals surface area contributed by atoms with E-state index in [1.54, 1.807) is 36.0 Å². The van der Waals surface area contributed by atoms with Gasteiger partial charge < -0.3 is 24.6 Å². The van der Waals surface area contributed by atoms with E-state index in [-0.39, 0.29) is 5.91 Å². The maximum absolute atomic E-state index is 10.7. The Morgan fingerprint density at radius 2 is 1.91 bits per heavy atom. The van der Waals surface area contributed by atoms with E-state index in [2.05, 4.69) is 44.5 Å². The lowest BCUT2D eigenvalue weighted by atomic mass is 9.99. The number of amides is 1. The van der Waals surface area contributed by atoms with Crippen molar-refractivity contribution in [2.24, 2.45) is 7.05 Å². The smallest absolute Gasteiger partial charge is 0.229 e. The van der Waals surface area contributed by atoms with Crippen molar-refractivity contribution in [3.05, 3.63) is 35.7 Å². The van der Waals surface area contributed by atoms with Crippen LogP contribution >= 0.6 is 0 Å². The zero-order valence-corrected chi connectivity index (χ0v) is 19.7. The summed E-state index contributed by atoms with van der Waals surface area (Å²) in [6, 6.07) is 4.26. The average molecular weight is 454 g/mol. The molecule has 1 N–H and O–H groups in total. The number of benzene rings is 1. The Bertz CT molecular complexity index is 1120. The highest BCUT2D eigenvalue weighted by atomic mass is 16.5. The van der Waals surface area contributed by atoms with Crippen LogP contribution in [0.2, 0.25) is 0 Å². The van der Waals surface area contributed by atoms with Crippen molar-refractivity contribution >= 4 is 28.6 Å². The number of hydrogen-bond donors (Lipinski definition) is 1. The summed E-state index contributed by atoms with van der Waals surface area (Å²) in [5.74, 6) is 1.50. The molecule has 10 nitrogen and oxygen atoms in total. The molecule has 2 aromatic heterocycles. The van der Waals surface area contributed by atoms with Gasteiger partial charge in [0, 0.05) is 46.3 Å². The number of methoxy groups -OCH3 is 1. The number of carbonyl (C=O) groups excluding carboxylic acids is 1. The molecule has 33 heavy (non-hydrogen) atoms. The first-order valence-corrected chi connectivity index (χ1v) is 11.1. The van der Waals surface area contributed by atoms with Crippen LogP contribution < -0.4 is 10.1 Å². The number of nitrogens with zero attached hydrogens (tertiary/aromatic N) is 6. The van der Waals surface area contributed by atoms with E-state index in [0.717, 1.165) is 55.1 Å². The number of aryl methyl sites for hydroxylation is 1. The third kappa shape index (κ3) is 5.40. The molecule has 0 unspecified atom stereocenters. The van der Waals surface area contributed by atoms with Gasteiger partial charge in [0.05, 0.1) is 37.6 Å². The number of ether oxygens (including phenoxy) is 2. The Balaban J connectivity index is 0.000000243. The lowest BCUT2D eigenvalue weighted by molar-refractivity contribution is -0.132. The van der Waals surface area contributed by atoms with E-state index >= 15 is 0 Å². The first-order valence-electron chi connectivity index (χ1n) is 11.1. The van der Waals surface area contributed by atoms with Gasteiger partial charge in [-0.1, -0.05) is 0 Å². The fraction of sp³-hybridized carbons (Fsp3) is 0.478. The highest BCUT2D eigenvalue weighted by Gasteiger charge is 2.17. The number of hydrogen-bond acceptors (Lipinski definition) is 8. The number of fused-ring (bicyclic) bond motifs is 2. The fourth-order valence-corrected chi connectivity index (χ4v) is 3.99. The van der Waals surface area contributed by atoms with Crippen LogP contribution in [-0.4, -0.2) is 82.5 Å². The standard InChI is InChI=1S/C17H20N6O.C6H11NO2/c1-22-5-4-11-7-15(24-3)14(6-12(11)10-22)20-17-18-8-13-9-19-23(2)16(13)21-17;1-6(8)7-2-4-9-5-3-7/h6-9H,4-5,10H2,1-3H3,(H,18,20,21);2-5H2,1H3. The molecule has 1 amide bonds. The van der Waals surface area contributed by atoms with Crippen LogP contribution in [0.15, 0.2) is 24.5 Å². The largest absolute Gasteiger partial charge is 0.495 e. The third-order valence-electron chi connectivity index (χ3n) is 5.90. The van der Waals surface area contributed by atoms with Crippen molar-refractivity contribution in [2.45, 2.75) is 19.9 Å². The van der Waals surface area contributed by atoms with Gasteiger partial charge in [-0.3, -0.25) is 9.48 Å². The van der Waals surface area contributed by atoms with Gasteiger partial charge in [0.15, 0.2) is 5.65 Å². The first-order chi connectivity index (χ1) is 15.9. The molecule has 2 aliphatic rings. The molecule has 0 atom stereocenters. The van der Waals surface area contributed by atoms with E-state index in [9.17, 15) is 4.79 Å². The lowest BCUT2D eigenvalue weighted by Crippen LogP contribution is -2.39. The predicted octanol–water partition coefficient (Wildman–Crippen LogP) is 1.97. The second-order valence-electron chi connectivity index (χ2n) is 8.29. The van der Waals surface area contributed by atoms with Crippen molar-refractivity contribution in [3.63, 3.8) is 0 Å². The molecule has 4 heterocycles. The van der Waals surface area contributed by atoms with Gasteiger partial charge in [0.1, 0.15) is 5.75 Å². The minimum atomic E-state index is 0.151. The number of rotatable bonds is 3. The normalized spacial score (nSPS) is 16.1. The molecule has 0 spiro atoms. The third-order valence-corrected chi connectivity index (χ3v) is 5.90.